The van der Waals surface area contributed by atoms with Gasteiger partial charge in [0.15, 0.2) is 0 Å². The second-order valence-electron chi connectivity index (χ2n) is 5.17. The SMILES string of the molecule is CN1/C(=C(\C#N)C(=O)c2cc([N+](=O)[O-])ccc2Cl)Sc2ccccc21. The summed E-state index contributed by atoms with van der Waals surface area (Å²) in [5.74, 6) is -0.640. The van der Waals surface area contributed by atoms with E-state index in [9.17, 15) is 20.2 Å². The lowest BCUT2D eigenvalue weighted by molar-refractivity contribution is -0.384. The third-order valence-corrected chi connectivity index (χ3v) is 5.26. The average Bonchev–Trinajstić information content (AvgIpc) is 2.93. The highest BCUT2D eigenvalue weighted by Crippen LogP contribution is 2.46. The van der Waals surface area contributed by atoms with E-state index in [0.29, 0.717) is 5.03 Å². The highest BCUT2D eigenvalue weighted by molar-refractivity contribution is 8.03. The number of Topliss-reactive ketones (excluding diaryl/α,β-unsaturated/α-hetero) is 1. The van der Waals surface area contributed by atoms with Crippen molar-refractivity contribution in [1.29, 1.82) is 5.26 Å². The molecule has 124 valence electrons. The summed E-state index contributed by atoms with van der Waals surface area (Å²) in [6.45, 7) is 0. The van der Waals surface area contributed by atoms with Gasteiger partial charge in [-0.3, -0.25) is 14.9 Å². The molecule has 0 unspecified atom stereocenters. The highest BCUT2D eigenvalue weighted by Gasteiger charge is 2.29. The normalized spacial score (nSPS) is 14.7. The second kappa shape index (κ2) is 6.59. The van der Waals surface area contributed by atoms with Crippen LogP contribution in [0, 0.1) is 21.4 Å². The Morgan fingerprint density at radius 3 is 2.68 bits per heavy atom. The number of carbonyl (C=O) groups is 1. The van der Waals surface area contributed by atoms with Crippen LogP contribution in [0.15, 0.2) is 58.0 Å². The molecule has 8 heteroatoms. The first kappa shape index (κ1) is 17.0. The number of nitrogens with zero attached hydrogens (tertiary/aromatic N) is 3. The molecule has 0 bridgehead atoms. The van der Waals surface area contributed by atoms with Gasteiger partial charge in [-0.15, -0.1) is 0 Å². The minimum Gasteiger partial charge on any atom is -0.337 e. The zero-order valence-electron chi connectivity index (χ0n) is 12.9. The van der Waals surface area contributed by atoms with Crippen molar-refractivity contribution in [2.45, 2.75) is 4.90 Å². The van der Waals surface area contributed by atoms with Crippen LogP contribution in [0.4, 0.5) is 11.4 Å². The van der Waals surface area contributed by atoms with Gasteiger partial charge in [-0.05, 0) is 18.2 Å². The van der Waals surface area contributed by atoms with Crippen molar-refractivity contribution in [3.05, 3.63) is 73.8 Å². The van der Waals surface area contributed by atoms with Crippen molar-refractivity contribution >= 4 is 40.5 Å². The molecule has 1 heterocycles. The number of allylic oxidation sites excluding steroid dienone is 1. The predicted molar refractivity (Wildman–Crippen MR) is 95.8 cm³/mol. The molecule has 0 saturated heterocycles. The average molecular weight is 372 g/mol. The largest absolute Gasteiger partial charge is 0.337 e. The molecule has 25 heavy (non-hydrogen) atoms. The summed E-state index contributed by atoms with van der Waals surface area (Å²) in [4.78, 5) is 25.8. The molecule has 0 amide bonds. The van der Waals surface area contributed by atoms with E-state index in [1.165, 1.54) is 23.9 Å². The number of rotatable bonds is 3. The number of nitriles is 1. The highest BCUT2D eigenvalue weighted by atomic mass is 35.5. The third-order valence-electron chi connectivity index (χ3n) is 3.70. The lowest BCUT2D eigenvalue weighted by atomic mass is 10.0. The van der Waals surface area contributed by atoms with Crippen LogP contribution in [0.5, 0.6) is 0 Å². The fraction of sp³-hybridized carbons (Fsp3) is 0.0588. The van der Waals surface area contributed by atoms with Gasteiger partial charge in [-0.1, -0.05) is 35.5 Å². The van der Waals surface area contributed by atoms with Crippen molar-refractivity contribution in [3.63, 3.8) is 0 Å². The van der Waals surface area contributed by atoms with Gasteiger partial charge in [0.05, 0.1) is 15.6 Å². The van der Waals surface area contributed by atoms with Gasteiger partial charge < -0.3 is 4.90 Å². The minimum absolute atomic E-state index is 0.0621. The molecule has 0 atom stereocenters. The predicted octanol–water partition coefficient (Wildman–Crippen LogP) is 4.41. The van der Waals surface area contributed by atoms with Gasteiger partial charge in [-0.2, -0.15) is 5.26 Å². The Bertz CT molecular complexity index is 981. The standard InChI is InChI=1S/C17H10ClN3O3S/c1-20-14-4-2-3-5-15(14)25-17(20)12(9-19)16(22)11-8-10(21(23)24)6-7-13(11)18/h2-8H,1H3/b17-12-. The van der Waals surface area contributed by atoms with Gasteiger partial charge in [0, 0.05) is 29.6 Å². The van der Waals surface area contributed by atoms with Gasteiger partial charge in [-0.25, -0.2) is 0 Å². The monoisotopic (exact) mass is 371 g/mol. The van der Waals surface area contributed by atoms with Crippen LogP contribution in [0.2, 0.25) is 5.02 Å². The second-order valence-corrected chi connectivity index (χ2v) is 6.61. The first-order chi connectivity index (χ1) is 11.9. The molecule has 1 aliphatic rings. The third kappa shape index (κ3) is 2.97. The molecule has 1 aliphatic heterocycles. The molecule has 2 aromatic carbocycles. The van der Waals surface area contributed by atoms with Crippen LogP contribution in [0.3, 0.4) is 0 Å². The van der Waals surface area contributed by atoms with Crippen molar-refractivity contribution in [2.24, 2.45) is 0 Å². The van der Waals surface area contributed by atoms with Crippen LogP contribution < -0.4 is 4.90 Å². The van der Waals surface area contributed by atoms with E-state index < -0.39 is 10.7 Å². The van der Waals surface area contributed by atoms with E-state index in [4.69, 9.17) is 11.6 Å². The zero-order chi connectivity index (χ0) is 18.1. The number of fused-ring (bicyclic) bond motifs is 1. The molecule has 2 aromatic rings. The molecule has 0 fully saturated rings. The molecular weight excluding hydrogens is 362 g/mol. The number of halogens is 1. The number of hydrogen-bond donors (Lipinski definition) is 0. The summed E-state index contributed by atoms with van der Waals surface area (Å²) in [6.07, 6.45) is 0. The Balaban J connectivity index is 2.09. The molecule has 0 radical (unpaired) electrons. The number of thioether (sulfide) groups is 1. The quantitative estimate of drug-likeness (QED) is 0.261. The number of nitro benzene ring substituents is 1. The molecule has 6 nitrogen and oxygen atoms in total. The first-order valence-corrected chi connectivity index (χ1v) is 8.27. The number of non-ortho nitro benzene ring substituents is 1. The molecule has 0 saturated carbocycles. The molecule has 3 rings (SSSR count). The number of hydrogen-bond acceptors (Lipinski definition) is 6. The van der Waals surface area contributed by atoms with Crippen LogP contribution >= 0.6 is 23.4 Å². The lowest BCUT2D eigenvalue weighted by Gasteiger charge is -2.15. The summed E-state index contributed by atoms with van der Waals surface area (Å²) < 4.78 is 0. The zero-order valence-corrected chi connectivity index (χ0v) is 14.5. The number of anilines is 1. The van der Waals surface area contributed by atoms with E-state index in [1.807, 2.05) is 30.3 Å². The van der Waals surface area contributed by atoms with Crippen molar-refractivity contribution in [2.75, 3.05) is 11.9 Å². The summed E-state index contributed by atoms with van der Waals surface area (Å²) in [5.41, 5.74) is 0.454. The van der Waals surface area contributed by atoms with Gasteiger partial charge in [0.1, 0.15) is 16.7 Å². The summed E-state index contributed by atoms with van der Waals surface area (Å²) in [5, 5.41) is 21.0. The Morgan fingerprint density at radius 2 is 2.04 bits per heavy atom. The Kier molecular flexibility index (Phi) is 4.49. The number of para-hydroxylation sites is 1. The summed E-state index contributed by atoms with van der Waals surface area (Å²) in [6, 6.07) is 13.0. The molecule has 0 aromatic heterocycles. The Morgan fingerprint density at radius 1 is 1.32 bits per heavy atom. The van der Waals surface area contributed by atoms with E-state index in [-0.39, 0.29) is 21.8 Å². The van der Waals surface area contributed by atoms with Gasteiger partial charge >= 0.3 is 0 Å². The topological polar surface area (TPSA) is 87.2 Å². The molecule has 0 spiro atoms. The van der Waals surface area contributed by atoms with E-state index in [0.717, 1.165) is 16.6 Å². The van der Waals surface area contributed by atoms with E-state index in [2.05, 4.69) is 0 Å². The Hall–Kier alpha value is -2.82. The minimum atomic E-state index is -0.640. The maximum absolute atomic E-state index is 12.8. The fourth-order valence-corrected chi connectivity index (χ4v) is 3.80. The van der Waals surface area contributed by atoms with Crippen molar-refractivity contribution in [1.82, 2.24) is 0 Å². The maximum Gasteiger partial charge on any atom is 0.270 e. The van der Waals surface area contributed by atoms with Crippen molar-refractivity contribution in [3.8, 4) is 6.07 Å². The van der Waals surface area contributed by atoms with Crippen LogP contribution in [0.1, 0.15) is 10.4 Å². The number of ketones is 1. The fourth-order valence-electron chi connectivity index (χ4n) is 2.45. The van der Waals surface area contributed by atoms with Crippen molar-refractivity contribution < 1.29 is 9.72 Å². The van der Waals surface area contributed by atoms with E-state index >= 15 is 0 Å². The summed E-state index contributed by atoms with van der Waals surface area (Å²) in [7, 11) is 1.76. The number of nitro groups is 1. The number of carbonyl (C=O) groups excluding carboxylic acids is 1. The molecular formula is C17H10ClN3O3S. The first-order valence-electron chi connectivity index (χ1n) is 7.07. The maximum atomic E-state index is 12.8. The lowest BCUT2D eigenvalue weighted by Crippen LogP contribution is -2.15. The molecule has 0 aliphatic carbocycles. The van der Waals surface area contributed by atoms with Crippen LogP contribution in [0.25, 0.3) is 0 Å². The van der Waals surface area contributed by atoms with Crippen LogP contribution in [-0.2, 0) is 0 Å². The Labute approximate surface area is 152 Å². The smallest absolute Gasteiger partial charge is 0.270 e. The van der Waals surface area contributed by atoms with E-state index in [1.54, 1.807) is 11.9 Å². The van der Waals surface area contributed by atoms with Gasteiger partial charge in [0.2, 0.25) is 5.78 Å². The van der Waals surface area contributed by atoms with Crippen LogP contribution in [-0.4, -0.2) is 17.8 Å². The molecule has 0 N–H and O–H groups in total. The van der Waals surface area contributed by atoms with Gasteiger partial charge in [0.25, 0.3) is 5.69 Å². The number of benzene rings is 2. The summed E-state index contributed by atoms with van der Waals surface area (Å²) >= 11 is 7.33.